The van der Waals surface area contributed by atoms with E-state index in [4.69, 9.17) is 22.1 Å². The first kappa shape index (κ1) is 12.1. The van der Waals surface area contributed by atoms with Crippen molar-refractivity contribution in [3.63, 3.8) is 0 Å². The summed E-state index contributed by atoms with van der Waals surface area (Å²) in [5.41, 5.74) is 7.29. The Hall–Kier alpha value is -1.33. The van der Waals surface area contributed by atoms with E-state index in [1.807, 2.05) is 13.0 Å². The summed E-state index contributed by atoms with van der Waals surface area (Å²) in [5, 5.41) is 0.342. The summed E-state index contributed by atoms with van der Waals surface area (Å²) in [6.45, 7) is 1.89. The van der Waals surface area contributed by atoms with Crippen LogP contribution >= 0.6 is 27.5 Å². The van der Waals surface area contributed by atoms with Gasteiger partial charge in [0, 0.05) is 4.47 Å². The molecule has 1 heterocycles. The summed E-state index contributed by atoms with van der Waals surface area (Å²) >= 11 is 9.27. The molecule has 0 bridgehead atoms. The number of ether oxygens (including phenoxy) is 1. The van der Waals surface area contributed by atoms with Crippen molar-refractivity contribution < 1.29 is 4.74 Å². The van der Waals surface area contributed by atoms with Gasteiger partial charge in [0.05, 0.1) is 11.9 Å². The van der Waals surface area contributed by atoms with Gasteiger partial charge in [-0.2, -0.15) is 0 Å². The molecule has 88 valence electrons. The summed E-state index contributed by atoms with van der Waals surface area (Å²) in [6.07, 6.45) is 2.83. The molecule has 0 aliphatic carbocycles. The first-order valence-electron chi connectivity index (χ1n) is 4.77. The summed E-state index contributed by atoms with van der Waals surface area (Å²) in [4.78, 5) is 7.73. The molecule has 0 unspecified atom stereocenters. The topological polar surface area (TPSA) is 61.0 Å². The second-order valence-electron chi connectivity index (χ2n) is 3.42. The van der Waals surface area contributed by atoms with Crippen LogP contribution in [0.15, 0.2) is 29.1 Å². The Bertz CT molecular complexity index is 539. The van der Waals surface area contributed by atoms with Gasteiger partial charge in [-0.05, 0) is 24.6 Å². The minimum absolute atomic E-state index is 0.291. The average Bonchev–Trinajstić information content (AvgIpc) is 2.25. The second kappa shape index (κ2) is 4.89. The lowest BCUT2D eigenvalue weighted by molar-refractivity contribution is 0.460. The fourth-order valence-electron chi connectivity index (χ4n) is 1.37. The zero-order valence-electron chi connectivity index (χ0n) is 8.95. The number of nitrogens with zero attached hydrogens (tertiary/aromatic N) is 2. The predicted molar refractivity (Wildman–Crippen MR) is 70.4 cm³/mol. The lowest BCUT2D eigenvalue weighted by atomic mass is 10.2. The van der Waals surface area contributed by atoms with Crippen molar-refractivity contribution in [3.05, 3.63) is 39.7 Å². The molecule has 0 saturated heterocycles. The Morgan fingerprint density at radius 3 is 2.82 bits per heavy atom. The number of hydrogen-bond acceptors (Lipinski definition) is 4. The molecule has 6 heteroatoms. The van der Waals surface area contributed by atoms with E-state index < -0.39 is 0 Å². The fraction of sp³-hybridized carbons (Fsp3) is 0.0909. The van der Waals surface area contributed by atoms with E-state index in [1.54, 1.807) is 6.07 Å². The number of aromatic nitrogens is 2. The van der Waals surface area contributed by atoms with Crippen molar-refractivity contribution in [2.75, 3.05) is 5.73 Å². The van der Waals surface area contributed by atoms with Crippen LogP contribution in [0.3, 0.4) is 0 Å². The van der Waals surface area contributed by atoms with Gasteiger partial charge in [-0.15, -0.1) is 0 Å². The third kappa shape index (κ3) is 2.68. The fourth-order valence-corrected chi connectivity index (χ4v) is 2.10. The van der Waals surface area contributed by atoms with Crippen LogP contribution in [0.5, 0.6) is 11.6 Å². The summed E-state index contributed by atoms with van der Waals surface area (Å²) in [7, 11) is 0. The number of nitrogen functional groups attached to an aromatic ring is 1. The van der Waals surface area contributed by atoms with Crippen LogP contribution in [0.1, 0.15) is 5.56 Å². The molecule has 2 rings (SSSR count). The third-order valence-electron chi connectivity index (χ3n) is 2.10. The van der Waals surface area contributed by atoms with Crippen LogP contribution in [0.4, 0.5) is 5.69 Å². The van der Waals surface area contributed by atoms with E-state index in [9.17, 15) is 0 Å². The number of halogens is 2. The van der Waals surface area contributed by atoms with Gasteiger partial charge in [0.2, 0.25) is 5.88 Å². The van der Waals surface area contributed by atoms with Crippen molar-refractivity contribution in [2.24, 2.45) is 0 Å². The normalized spacial score (nSPS) is 10.3. The average molecular weight is 315 g/mol. The van der Waals surface area contributed by atoms with Crippen LogP contribution < -0.4 is 10.5 Å². The lowest BCUT2D eigenvalue weighted by Gasteiger charge is -2.11. The number of hydrogen-bond donors (Lipinski definition) is 1. The van der Waals surface area contributed by atoms with Crippen molar-refractivity contribution in [3.8, 4) is 11.6 Å². The number of aryl methyl sites for hydroxylation is 1. The van der Waals surface area contributed by atoms with Gasteiger partial charge in [-0.3, -0.25) is 0 Å². The number of rotatable bonds is 2. The number of nitrogens with two attached hydrogens (primary N) is 1. The van der Waals surface area contributed by atoms with Crippen LogP contribution in [-0.2, 0) is 0 Å². The van der Waals surface area contributed by atoms with Gasteiger partial charge >= 0.3 is 0 Å². The van der Waals surface area contributed by atoms with Gasteiger partial charge in [0.25, 0.3) is 0 Å². The minimum Gasteiger partial charge on any atom is -0.435 e. The maximum absolute atomic E-state index is 5.91. The Morgan fingerprint density at radius 1 is 1.41 bits per heavy atom. The maximum atomic E-state index is 5.91. The molecule has 17 heavy (non-hydrogen) atoms. The van der Waals surface area contributed by atoms with Gasteiger partial charge in [0.1, 0.15) is 11.3 Å². The molecule has 0 fully saturated rings. The molecule has 1 aromatic carbocycles. The summed E-state index contributed by atoms with van der Waals surface area (Å²) in [6, 6.07) is 3.66. The molecule has 4 nitrogen and oxygen atoms in total. The number of benzene rings is 1. The molecule has 0 radical (unpaired) electrons. The van der Waals surface area contributed by atoms with Crippen molar-refractivity contribution in [2.45, 2.75) is 6.92 Å². The molecular formula is C11H9BrClN3O. The summed E-state index contributed by atoms with van der Waals surface area (Å²) < 4.78 is 6.49. The Morgan fingerprint density at radius 2 is 2.18 bits per heavy atom. The van der Waals surface area contributed by atoms with Gasteiger partial charge < -0.3 is 10.5 Å². The standard InChI is InChI=1S/C11H9BrClN3O/c1-6-2-7(12)3-9(14)10(6)17-11-8(13)4-15-5-16-11/h2-5H,14H2,1H3. The first-order valence-corrected chi connectivity index (χ1v) is 5.94. The van der Waals surface area contributed by atoms with Crippen LogP contribution in [0.2, 0.25) is 5.02 Å². The van der Waals surface area contributed by atoms with Crippen LogP contribution in [0, 0.1) is 6.92 Å². The minimum atomic E-state index is 0.291. The zero-order chi connectivity index (χ0) is 12.4. The van der Waals surface area contributed by atoms with Crippen molar-refractivity contribution in [1.82, 2.24) is 9.97 Å². The van der Waals surface area contributed by atoms with Crippen molar-refractivity contribution in [1.29, 1.82) is 0 Å². The molecule has 0 aliphatic heterocycles. The highest BCUT2D eigenvalue weighted by atomic mass is 79.9. The largest absolute Gasteiger partial charge is 0.435 e. The summed E-state index contributed by atoms with van der Waals surface area (Å²) in [5.74, 6) is 0.840. The molecule has 0 amide bonds. The van der Waals surface area contributed by atoms with Gasteiger partial charge in [0.15, 0.2) is 5.75 Å². The molecule has 0 atom stereocenters. The van der Waals surface area contributed by atoms with E-state index in [1.165, 1.54) is 12.5 Å². The van der Waals surface area contributed by atoms with Gasteiger partial charge in [-0.25, -0.2) is 9.97 Å². The van der Waals surface area contributed by atoms with Crippen LogP contribution in [0.25, 0.3) is 0 Å². The highest BCUT2D eigenvalue weighted by Crippen LogP contribution is 2.34. The Kier molecular flexibility index (Phi) is 3.49. The second-order valence-corrected chi connectivity index (χ2v) is 4.74. The lowest BCUT2D eigenvalue weighted by Crippen LogP contribution is -1.97. The van der Waals surface area contributed by atoms with Crippen molar-refractivity contribution >= 4 is 33.2 Å². The molecule has 1 aromatic heterocycles. The molecule has 0 spiro atoms. The molecular weight excluding hydrogens is 305 g/mol. The smallest absolute Gasteiger partial charge is 0.241 e. The van der Waals surface area contributed by atoms with E-state index in [2.05, 4.69) is 25.9 Å². The van der Waals surface area contributed by atoms with E-state index in [0.717, 1.165) is 10.0 Å². The quantitative estimate of drug-likeness (QED) is 0.861. The van der Waals surface area contributed by atoms with E-state index in [0.29, 0.717) is 22.3 Å². The molecule has 0 saturated carbocycles. The monoisotopic (exact) mass is 313 g/mol. The molecule has 0 aliphatic rings. The van der Waals surface area contributed by atoms with E-state index in [-0.39, 0.29) is 0 Å². The van der Waals surface area contributed by atoms with Crippen LogP contribution in [-0.4, -0.2) is 9.97 Å². The zero-order valence-corrected chi connectivity index (χ0v) is 11.3. The Balaban J connectivity index is 2.40. The number of anilines is 1. The highest BCUT2D eigenvalue weighted by molar-refractivity contribution is 9.10. The first-order chi connectivity index (χ1) is 8.08. The van der Waals surface area contributed by atoms with Gasteiger partial charge in [-0.1, -0.05) is 27.5 Å². The SMILES string of the molecule is Cc1cc(Br)cc(N)c1Oc1ncncc1Cl. The Labute approximate surface area is 112 Å². The molecule has 2 aromatic rings. The maximum Gasteiger partial charge on any atom is 0.241 e. The highest BCUT2D eigenvalue weighted by Gasteiger charge is 2.10. The van der Waals surface area contributed by atoms with E-state index >= 15 is 0 Å². The molecule has 2 N–H and O–H groups in total. The third-order valence-corrected chi connectivity index (χ3v) is 2.82. The predicted octanol–water partition coefficient (Wildman–Crippen LogP) is 3.58.